The molecule has 0 fully saturated rings. The molecule has 1 heterocycles. The van der Waals surface area contributed by atoms with Crippen LogP contribution < -0.4 is 0 Å². The molecule has 21 heavy (non-hydrogen) atoms. The van der Waals surface area contributed by atoms with E-state index in [0.717, 1.165) is 3.97 Å². The maximum absolute atomic E-state index is 12.4. The highest BCUT2D eigenvalue weighted by molar-refractivity contribution is 7.90. The minimum absolute atomic E-state index is 0.0454. The van der Waals surface area contributed by atoms with Crippen LogP contribution in [0.4, 0.5) is 0 Å². The van der Waals surface area contributed by atoms with Crippen LogP contribution in [0.1, 0.15) is 17.4 Å². The number of carbonyl (C=O) groups is 1. The number of hydrogen-bond donors (Lipinski definition) is 0. The maximum Gasteiger partial charge on any atom is 0.356 e. The molecule has 7 heteroatoms. The lowest BCUT2D eigenvalue weighted by atomic mass is 10.2. The zero-order valence-electron chi connectivity index (χ0n) is 11.4. The highest BCUT2D eigenvalue weighted by Gasteiger charge is 2.24. The Morgan fingerprint density at radius 1 is 1.43 bits per heavy atom. The van der Waals surface area contributed by atoms with Crippen molar-refractivity contribution in [2.75, 3.05) is 12.4 Å². The number of carbonyl (C=O) groups excluding carboxylic acids is 1. The van der Waals surface area contributed by atoms with Gasteiger partial charge in [0.1, 0.15) is 5.69 Å². The van der Waals surface area contributed by atoms with Crippen LogP contribution in [0.2, 0.25) is 5.02 Å². The second kappa shape index (κ2) is 5.91. The van der Waals surface area contributed by atoms with Crippen LogP contribution in [-0.2, 0) is 14.8 Å². The number of fused-ring (bicyclic) bond motifs is 1. The molecule has 2 aromatic rings. The Bertz CT molecular complexity index is 808. The molecule has 0 aliphatic carbocycles. The van der Waals surface area contributed by atoms with Gasteiger partial charge in [0.25, 0.3) is 0 Å². The van der Waals surface area contributed by atoms with Crippen molar-refractivity contribution in [3.63, 3.8) is 0 Å². The number of nitrogens with zero attached hydrogens (tertiary/aromatic N) is 1. The van der Waals surface area contributed by atoms with Crippen molar-refractivity contribution in [3.05, 3.63) is 47.6 Å². The summed E-state index contributed by atoms with van der Waals surface area (Å²) in [7, 11) is -3.75. The van der Waals surface area contributed by atoms with Gasteiger partial charge in [-0.25, -0.2) is 17.2 Å². The lowest BCUT2D eigenvalue weighted by Gasteiger charge is -2.09. The van der Waals surface area contributed by atoms with Crippen LogP contribution in [-0.4, -0.2) is 30.7 Å². The Balaban J connectivity index is 2.77. The summed E-state index contributed by atoms with van der Waals surface area (Å²) in [5.74, 6) is -0.983. The van der Waals surface area contributed by atoms with E-state index in [4.69, 9.17) is 16.3 Å². The molecule has 0 unspecified atom stereocenters. The Kier molecular flexibility index (Phi) is 4.39. The Hall–Kier alpha value is -1.79. The minimum Gasteiger partial charge on any atom is -0.461 e. The van der Waals surface area contributed by atoms with Gasteiger partial charge >= 0.3 is 5.97 Å². The number of rotatable bonds is 5. The van der Waals surface area contributed by atoms with E-state index in [1.807, 2.05) is 0 Å². The van der Waals surface area contributed by atoms with Crippen LogP contribution >= 0.6 is 11.6 Å². The van der Waals surface area contributed by atoms with Crippen molar-refractivity contribution >= 4 is 38.5 Å². The molecule has 0 radical (unpaired) electrons. The Morgan fingerprint density at radius 3 is 2.76 bits per heavy atom. The van der Waals surface area contributed by atoms with Crippen molar-refractivity contribution in [3.8, 4) is 0 Å². The summed E-state index contributed by atoms with van der Waals surface area (Å²) < 4.78 is 30.6. The lowest BCUT2D eigenvalue weighted by Crippen LogP contribution is -2.21. The van der Waals surface area contributed by atoms with Gasteiger partial charge in [-0.15, -0.1) is 6.58 Å². The van der Waals surface area contributed by atoms with Gasteiger partial charge in [-0.05, 0) is 31.2 Å². The van der Waals surface area contributed by atoms with Crippen molar-refractivity contribution in [2.24, 2.45) is 0 Å². The quantitative estimate of drug-likeness (QED) is 0.625. The minimum atomic E-state index is -3.75. The van der Waals surface area contributed by atoms with Gasteiger partial charge in [-0.3, -0.25) is 0 Å². The van der Waals surface area contributed by atoms with E-state index >= 15 is 0 Å². The third-order valence-electron chi connectivity index (χ3n) is 2.81. The molecule has 0 aliphatic rings. The largest absolute Gasteiger partial charge is 0.461 e. The summed E-state index contributed by atoms with van der Waals surface area (Å²) in [5.41, 5.74) is 0.334. The van der Waals surface area contributed by atoms with Gasteiger partial charge in [0.15, 0.2) is 0 Å². The number of esters is 1. The third kappa shape index (κ3) is 2.96. The number of benzene rings is 1. The Labute approximate surface area is 127 Å². The normalized spacial score (nSPS) is 11.5. The number of ether oxygens (including phenoxy) is 1. The molecule has 1 aromatic heterocycles. The van der Waals surface area contributed by atoms with Gasteiger partial charge in [-0.2, -0.15) is 0 Å². The molecule has 0 saturated heterocycles. The molecular formula is C14H14ClNO4S. The zero-order valence-corrected chi connectivity index (χ0v) is 12.9. The Morgan fingerprint density at radius 2 is 2.14 bits per heavy atom. The molecule has 0 bridgehead atoms. The first-order chi connectivity index (χ1) is 9.90. The van der Waals surface area contributed by atoms with Gasteiger partial charge in [0.2, 0.25) is 10.0 Å². The van der Waals surface area contributed by atoms with E-state index in [1.165, 1.54) is 12.1 Å². The number of hydrogen-bond acceptors (Lipinski definition) is 4. The molecule has 0 saturated carbocycles. The van der Waals surface area contributed by atoms with Crippen LogP contribution in [0, 0.1) is 0 Å². The van der Waals surface area contributed by atoms with E-state index in [1.54, 1.807) is 25.1 Å². The van der Waals surface area contributed by atoms with E-state index in [9.17, 15) is 13.2 Å². The second-order valence-electron chi connectivity index (χ2n) is 4.28. The first kappa shape index (κ1) is 15.6. The van der Waals surface area contributed by atoms with Crippen LogP contribution in [0.5, 0.6) is 0 Å². The van der Waals surface area contributed by atoms with Crippen LogP contribution in [0.15, 0.2) is 36.9 Å². The molecule has 0 spiro atoms. The summed E-state index contributed by atoms with van der Waals surface area (Å²) in [6.45, 7) is 5.24. The monoisotopic (exact) mass is 327 g/mol. The van der Waals surface area contributed by atoms with Crippen molar-refractivity contribution in [2.45, 2.75) is 6.92 Å². The molecule has 1 aromatic carbocycles. The number of aromatic nitrogens is 1. The number of halogens is 1. The third-order valence-corrected chi connectivity index (χ3v) is 4.65. The van der Waals surface area contributed by atoms with E-state index in [2.05, 4.69) is 6.58 Å². The fourth-order valence-corrected chi connectivity index (χ4v) is 3.55. The second-order valence-corrected chi connectivity index (χ2v) is 6.58. The van der Waals surface area contributed by atoms with Gasteiger partial charge in [0.05, 0.1) is 17.9 Å². The summed E-state index contributed by atoms with van der Waals surface area (Å²) in [4.78, 5) is 12.0. The molecular weight excluding hydrogens is 314 g/mol. The molecule has 2 rings (SSSR count). The van der Waals surface area contributed by atoms with Crippen molar-refractivity contribution < 1.29 is 17.9 Å². The van der Waals surface area contributed by atoms with Gasteiger partial charge in [0, 0.05) is 10.4 Å². The summed E-state index contributed by atoms with van der Waals surface area (Å²) in [6, 6.07) is 6.18. The summed E-state index contributed by atoms with van der Waals surface area (Å²) in [5, 5.41) is 1.01. The predicted octanol–water partition coefficient (Wildman–Crippen LogP) is 2.84. The van der Waals surface area contributed by atoms with Crippen LogP contribution in [0.3, 0.4) is 0 Å². The fraction of sp³-hybridized carbons (Fsp3) is 0.214. The molecule has 0 amide bonds. The zero-order chi connectivity index (χ0) is 15.6. The summed E-state index contributed by atoms with van der Waals surface area (Å²) >= 11 is 5.91. The average Bonchev–Trinajstić information content (AvgIpc) is 2.78. The van der Waals surface area contributed by atoms with Crippen molar-refractivity contribution in [1.29, 1.82) is 0 Å². The highest BCUT2D eigenvalue weighted by Crippen LogP contribution is 2.26. The standard InChI is InChI=1S/C14H14ClNO4S/c1-3-7-21(18,19)16-12-6-5-11(15)8-10(12)9-13(16)14(17)20-4-2/h3,5-6,8-9H,1,4,7H2,2H3. The topological polar surface area (TPSA) is 65.4 Å². The molecule has 0 N–H and O–H groups in total. The predicted molar refractivity (Wildman–Crippen MR) is 82.3 cm³/mol. The van der Waals surface area contributed by atoms with Crippen molar-refractivity contribution in [1.82, 2.24) is 3.97 Å². The fourth-order valence-electron chi connectivity index (χ4n) is 2.03. The van der Waals surface area contributed by atoms with E-state index in [0.29, 0.717) is 15.9 Å². The molecule has 0 atom stereocenters. The molecule has 5 nitrogen and oxygen atoms in total. The first-order valence-electron chi connectivity index (χ1n) is 6.23. The van der Waals surface area contributed by atoms with E-state index < -0.39 is 16.0 Å². The first-order valence-corrected chi connectivity index (χ1v) is 8.21. The SMILES string of the molecule is C=CCS(=O)(=O)n1c(C(=O)OCC)cc2cc(Cl)ccc21. The summed E-state index contributed by atoms with van der Waals surface area (Å²) in [6.07, 6.45) is 1.27. The van der Waals surface area contributed by atoms with E-state index in [-0.39, 0.29) is 18.1 Å². The average molecular weight is 328 g/mol. The van der Waals surface area contributed by atoms with Crippen LogP contribution in [0.25, 0.3) is 10.9 Å². The smallest absolute Gasteiger partial charge is 0.356 e. The molecule has 112 valence electrons. The maximum atomic E-state index is 12.4. The molecule has 0 aliphatic heterocycles. The van der Waals surface area contributed by atoms with Gasteiger partial charge < -0.3 is 4.74 Å². The highest BCUT2D eigenvalue weighted by atomic mass is 35.5. The van der Waals surface area contributed by atoms with Gasteiger partial charge in [-0.1, -0.05) is 17.7 Å². The lowest BCUT2D eigenvalue weighted by molar-refractivity contribution is 0.0518.